The largest absolute Gasteiger partial charge is 0.390 e. The van der Waals surface area contributed by atoms with Crippen molar-refractivity contribution in [3.63, 3.8) is 0 Å². The Bertz CT molecular complexity index is 591. The zero-order chi connectivity index (χ0) is 13.8. The molecule has 104 valence electrons. The molecule has 2 aromatic heterocycles. The number of hydrogen-bond donors (Lipinski definition) is 2. The van der Waals surface area contributed by atoms with E-state index in [1.165, 1.54) is 22.2 Å². The number of thiophene rings is 1. The zero-order valence-corrected chi connectivity index (χ0v) is 12.0. The van der Waals surface area contributed by atoms with Gasteiger partial charge in [0.1, 0.15) is 4.70 Å². The Hall–Kier alpha value is -1.24. The minimum Gasteiger partial charge on any atom is -0.390 e. The second-order valence-electron chi connectivity index (χ2n) is 5.04. The molecule has 6 heteroatoms. The average molecular weight is 281 g/mol. The van der Waals surface area contributed by atoms with Crippen LogP contribution in [-0.4, -0.2) is 33.9 Å². The third-order valence-electron chi connectivity index (χ3n) is 2.78. The van der Waals surface area contributed by atoms with E-state index in [-0.39, 0.29) is 12.1 Å². The molecule has 2 N–H and O–H groups in total. The number of nitrogens with one attached hydrogen (secondary N) is 1. The molecule has 0 fully saturated rings. The van der Waals surface area contributed by atoms with Crippen molar-refractivity contribution in [2.75, 3.05) is 13.1 Å². The molecule has 2 aromatic rings. The van der Waals surface area contributed by atoms with Crippen LogP contribution in [0.5, 0.6) is 0 Å². The quantitative estimate of drug-likeness (QED) is 0.831. The van der Waals surface area contributed by atoms with Crippen LogP contribution >= 0.6 is 11.3 Å². The van der Waals surface area contributed by atoms with Crippen molar-refractivity contribution in [1.82, 2.24) is 14.9 Å². The van der Waals surface area contributed by atoms with E-state index in [9.17, 15) is 9.90 Å². The van der Waals surface area contributed by atoms with Gasteiger partial charge in [0.25, 0.3) is 5.56 Å². The van der Waals surface area contributed by atoms with Crippen molar-refractivity contribution >= 4 is 21.6 Å². The molecule has 5 nitrogen and oxygen atoms in total. The summed E-state index contributed by atoms with van der Waals surface area (Å²) in [6.45, 7) is 5.82. The highest BCUT2D eigenvalue weighted by atomic mass is 32.1. The number of hydrogen-bond acceptors (Lipinski definition) is 5. The average Bonchev–Trinajstić information content (AvgIpc) is 2.81. The molecule has 0 aromatic carbocycles. The summed E-state index contributed by atoms with van der Waals surface area (Å²) in [5.41, 5.74) is 0.640. The Morgan fingerprint density at radius 2 is 2.26 bits per heavy atom. The second kappa shape index (κ2) is 6.27. The topological polar surface area (TPSA) is 67.2 Å². The van der Waals surface area contributed by atoms with E-state index >= 15 is 0 Å². The lowest BCUT2D eigenvalue weighted by Crippen LogP contribution is -2.35. The summed E-state index contributed by atoms with van der Waals surface area (Å²) in [5, 5.41) is 14.9. The lowest BCUT2D eigenvalue weighted by molar-refractivity contribution is 0.149. The maximum Gasteiger partial charge on any atom is 0.271 e. The molecule has 0 amide bonds. The number of rotatable bonds is 6. The SMILES string of the molecule is CC(C)CNCC(O)Cn1cnc2ccsc2c1=O. The monoisotopic (exact) mass is 281 g/mol. The lowest BCUT2D eigenvalue weighted by Gasteiger charge is -2.14. The fourth-order valence-electron chi connectivity index (χ4n) is 1.84. The van der Waals surface area contributed by atoms with Crippen LogP contribution in [0.15, 0.2) is 22.6 Å². The number of aromatic nitrogens is 2. The standard InChI is InChI=1S/C13H19N3O2S/c1-9(2)5-14-6-10(17)7-16-8-15-11-3-4-19-12(11)13(16)18/h3-4,8-10,14,17H,5-7H2,1-2H3. The first-order valence-electron chi connectivity index (χ1n) is 6.39. The molecule has 0 bridgehead atoms. The minimum absolute atomic E-state index is 0.0806. The number of fused-ring (bicyclic) bond motifs is 1. The summed E-state index contributed by atoms with van der Waals surface area (Å²) in [6, 6.07) is 1.83. The summed E-state index contributed by atoms with van der Waals surface area (Å²) in [7, 11) is 0. The van der Waals surface area contributed by atoms with Gasteiger partial charge < -0.3 is 10.4 Å². The first kappa shape index (κ1) is 14.2. The summed E-state index contributed by atoms with van der Waals surface area (Å²) in [6.07, 6.45) is 0.916. The molecule has 0 aliphatic carbocycles. The van der Waals surface area contributed by atoms with Crippen LogP contribution in [0.4, 0.5) is 0 Å². The molecule has 1 unspecified atom stereocenters. The summed E-state index contributed by atoms with van der Waals surface area (Å²) in [5.74, 6) is 0.541. The molecule has 2 heterocycles. The molecular weight excluding hydrogens is 262 g/mol. The Kier molecular flexibility index (Phi) is 4.68. The van der Waals surface area contributed by atoms with Crippen LogP contribution < -0.4 is 10.9 Å². The number of aliphatic hydroxyl groups is 1. The van der Waals surface area contributed by atoms with Crippen LogP contribution in [0.2, 0.25) is 0 Å². The van der Waals surface area contributed by atoms with E-state index in [0.717, 1.165) is 12.1 Å². The molecule has 0 aliphatic rings. The van der Waals surface area contributed by atoms with Gasteiger partial charge in [0, 0.05) is 6.54 Å². The third-order valence-corrected chi connectivity index (χ3v) is 3.67. The van der Waals surface area contributed by atoms with Crippen LogP contribution in [0.3, 0.4) is 0 Å². The molecule has 2 rings (SSSR count). The van der Waals surface area contributed by atoms with Gasteiger partial charge >= 0.3 is 0 Å². The maximum absolute atomic E-state index is 12.1. The summed E-state index contributed by atoms with van der Waals surface area (Å²) < 4.78 is 2.12. The van der Waals surface area contributed by atoms with Gasteiger partial charge in [0.2, 0.25) is 0 Å². The normalized spacial score (nSPS) is 13.3. The van der Waals surface area contributed by atoms with Crippen LogP contribution in [0, 0.1) is 5.92 Å². The molecule has 0 saturated carbocycles. The van der Waals surface area contributed by atoms with Gasteiger partial charge in [0.05, 0.1) is 24.5 Å². The first-order valence-corrected chi connectivity index (χ1v) is 7.27. The molecule has 19 heavy (non-hydrogen) atoms. The van der Waals surface area contributed by atoms with Gasteiger partial charge in [-0.3, -0.25) is 9.36 Å². The van der Waals surface area contributed by atoms with Gasteiger partial charge in [-0.1, -0.05) is 13.8 Å². The van der Waals surface area contributed by atoms with Crippen molar-refractivity contribution in [3.8, 4) is 0 Å². The summed E-state index contributed by atoms with van der Waals surface area (Å²) >= 11 is 1.38. The lowest BCUT2D eigenvalue weighted by atomic mass is 10.2. The van der Waals surface area contributed by atoms with Crippen molar-refractivity contribution in [2.24, 2.45) is 5.92 Å². The van der Waals surface area contributed by atoms with E-state index in [2.05, 4.69) is 24.1 Å². The Morgan fingerprint density at radius 3 is 3.00 bits per heavy atom. The number of nitrogens with zero attached hydrogens (tertiary/aromatic N) is 2. The predicted octanol–water partition coefficient (Wildman–Crippen LogP) is 1.06. The smallest absolute Gasteiger partial charge is 0.271 e. The van der Waals surface area contributed by atoms with Crippen LogP contribution in [0.1, 0.15) is 13.8 Å². The molecule has 0 spiro atoms. The van der Waals surface area contributed by atoms with Crippen molar-refractivity contribution < 1.29 is 5.11 Å². The predicted molar refractivity (Wildman–Crippen MR) is 77.6 cm³/mol. The molecule has 0 aliphatic heterocycles. The highest BCUT2D eigenvalue weighted by molar-refractivity contribution is 7.17. The molecule has 1 atom stereocenters. The summed E-state index contributed by atoms with van der Waals surface area (Å²) in [4.78, 5) is 16.3. The fraction of sp³-hybridized carbons (Fsp3) is 0.538. The van der Waals surface area contributed by atoms with Crippen molar-refractivity contribution in [3.05, 3.63) is 28.1 Å². The first-order chi connectivity index (χ1) is 9.08. The highest BCUT2D eigenvalue weighted by Gasteiger charge is 2.09. The minimum atomic E-state index is -0.587. The molecule has 0 saturated heterocycles. The second-order valence-corrected chi connectivity index (χ2v) is 5.96. The Labute approximate surface area is 115 Å². The fourth-order valence-corrected chi connectivity index (χ4v) is 2.63. The van der Waals surface area contributed by atoms with Gasteiger partial charge in [-0.15, -0.1) is 11.3 Å². The van der Waals surface area contributed by atoms with E-state index in [1.807, 2.05) is 11.4 Å². The van der Waals surface area contributed by atoms with Gasteiger partial charge in [-0.2, -0.15) is 0 Å². The van der Waals surface area contributed by atoms with Crippen LogP contribution in [0.25, 0.3) is 10.2 Å². The third kappa shape index (κ3) is 3.62. The van der Waals surface area contributed by atoms with Crippen LogP contribution in [-0.2, 0) is 6.54 Å². The highest BCUT2D eigenvalue weighted by Crippen LogP contribution is 2.13. The van der Waals surface area contributed by atoms with Gasteiger partial charge in [0.15, 0.2) is 0 Å². The van der Waals surface area contributed by atoms with Gasteiger partial charge in [-0.05, 0) is 23.9 Å². The molecular formula is C13H19N3O2S. The van der Waals surface area contributed by atoms with E-state index < -0.39 is 6.10 Å². The van der Waals surface area contributed by atoms with Crippen molar-refractivity contribution in [2.45, 2.75) is 26.5 Å². The van der Waals surface area contributed by atoms with Gasteiger partial charge in [-0.25, -0.2) is 4.98 Å². The van der Waals surface area contributed by atoms with E-state index in [1.54, 1.807) is 0 Å². The van der Waals surface area contributed by atoms with E-state index in [0.29, 0.717) is 17.2 Å². The molecule has 0 radical (unpaired) electrons. The Morgan fingerprint density at radius 1 is 1.47 bits per heavy atom. The van der Waals surface area contributed by atoms with E-state index in [4.69, 9.17) is 0 Å². The Balaban J connectivity index is 2.00. The zero-order valence-electron chi connectivity index (χ0n) is 11.2. The number of aliphatic hydroxyl groups excluding tert-OH is 1. The van der Waals surface area contributed by atoms with Crippen molar-refractivity contribution in [1.29, 1.82) is 0 Å². The maximum atomic E-state index is 12.1.